The summed E-state index contributed by atoms with van der Waals surface area (Å²) in [6.07, 6.45) is -0.648. The van der Waals surface area contributed by atoms with E-state index in [1.54, 1.807) is 20.8 Å². The largest absolute Gasteiger partial charge is 0.469 e. The fraction of sp³-hybridized carbons (Fsp3) is 0.579. The van der Waals surface area contributed by atoms with Gasteiger partial charge in [-0.3, -0.25) is 18.9 Å². The van der Waals surface area contributed by atoms with Gasteiger partial charge in [0.1, 0.15) is 17.3 Å². The van der Waals surface area contributed by atoms with E-state index in [-0.39, 0.29) is 15.1 Å². The average Bonchev–Trinajstić information content (AvgIpc) is 3.15. The van der Waals surface area contributed by atoms with E-state index < -0.39 is 69.5 Å². The number of ether oxygens (including phenoxy) is 2. The van der Waals surface area contributed by atoms with Crippen molar-refractivity contribution in [3.8, 4) is 0 Å². The number of carbonyl (C=O) groups excluding carboxylic acids is 4. The van der Waals surface area contributed by atoms with E-state index in [1.807, 2.05) is 0 Å². The van der Waals surface area contributed by atoms with Crippen molar-refractivity contribution in [3.05, 3.63) is 11.1 Å². The van der Waals surface area contributed by atoms with E-state index in [0.717, 1.165) is 18.4 Å². The lowest BCUT2D eigenvalue weighted by Gasteiger charge is -2.43. The number of β-lactam (4-membered cyclic amide) rings is 1. The smallest absolute Gasteiger partial charge is 0.362 e. The van der Waals surface area contributed by atoms with Crippen LogP contribution in [0, 0.1) is 0 Å². The van der Waals surface area contributed by atoms with Crippen LogP contribution in [0.4, 0.5) is 5.13 Å². The lowest BCUT2D eigenvalue weighted by atomic mass is 9.95. The molecular formula is C19H27N5O10S2. The zero-order valence-corrected chi connectivity index (χ0v) is 21.9. The number of nitrogens with two attached hydrogens (primary N) is 1. The first-order chi connectivity index (χ1) is 16.4. The van der Waals surface area contributed by atoms with E-state index in [4.69, 9.17) is 15.3 Å². The first kappa shape index (κ1) is 28.9. The Balaban J connectivity index is 2.34. The van der Waals surface area contributed by atoms with E-state index in [0.29, 0.717) is 0 Å². The van der Waals surface area contributed by atoms with Crippen LogP contribution in [0.15, 0.2) is 10.5 Å². The number of carbonyl (C=O) groups is 4. The normalized spacial score (nSPS) is 18.8. The second kappa shape index (κ2) is 10.4. The SMILES string of the molecule is COC(=O)CC1C(NC(=O)C(=NOC(C)(C)C(=O)OC(C)(C)C)c2csc(N)n2)C(=O)N1S(=O)(=O)O. The molecule has 1 aromatic heterocycles. The Morgan fingerprint density at radius 1 is 1.28 bits per heavy atom. The molecule has 1 aliphatic rings. The minimum absolute atomic E-state index is 0.0502. The minimum atomic E-state index is -5.02. The molecule has 0 aromatic carbocycles. The Bertz CT molecular complexity index is 1190. The van der Waals surface area contributed by atoms with Crippen LogP contribution in [-0.4, -0.2) is 82.1 Å². The topological polar surface area (TPSA) is 217 Å². The number of anilines is 1. The van der Waals surface area contributed by atoms with Crippen molar-refractivity contribution >= 4 is 56.2 Å². The summed E-state index contributed by atoms with van der Waals surface area (Å²) in [6.45, 7) is 7.65. The zero-order valence-electron chi connectivity index (χ0n) is 20.3. The highest BCUT2D eigenvalue weighted by Gasteiger charge is 2.55. The molecule has 0 bridgehead atoms. The first-order valence-corrected chi connectivity index (χ1v) is 12.5. The molecule has 0 aliphatic carbocycles. The molecule has 15 nitrogen and oxygen atoms in total. The fourth-order valence-corrected chi connectivity index (χ4v) is 4.25. The van der Waals surface area contributed by atoms with Gasteiger partial charge in [-0.1, -0.05) is 5.16 Å². The second-order valence-electron chi connectivity index (χ2n) is 9.02. The third-order valence-corrected chi connectivity index (χ3v) is 6.16. The first-order valence-electron chi connectivity index (χ1n) is 10.3. The summed E-state index contributed by atoms with van der Waals surface area (Å²) >= 11 is 0.962. The standard InChI is InChI=1S/C19H27N5O10S2/c1-18(2,3)33-16(28)19(4,5)34-23-12(9-8-35-17(20)21-9)14(26)22-13-10(7-11(25)32-6)24(15(13)27)36(29,30)31/h8,10,13H,7H2,1-6H3,(H2,20,21)(H,22,26)(H,29,30,31). The molecule has 2 rings (SSSR count). The molecule has 2 unspecified atom stereocenters. The molecule has 1 fully saturated rings. The number of esters is 2. The third kappa shape index (κ3) is 6.88. The van der Waals surface area contributed by atoms with Gasteiger partial charge >= 0.3 is 22.2 Å². The third-order valence-electron chi connectivity index (χ3n) is 4.54. The fourth-order valence-electron chi connectivity index (χ4n) is 2.82. The predicted octanol–water partition coefficient (Wildman–Crippen LogP) is -0.372. The van der Waals surface area contributed by atoms with Gasteiger partial charge in [0.15, 0.2) is 10.8 Å². The maximum Gasteiger partial charge on any atom is 0.362 e. The molecule has 2 amide bonds. The number of amides is 2. The minimum Gasteiger partial charge on any atom is -0.469 e. The summed E-state index contributed by atoms with van der Waals surface area (Å²) in [5.41, 5.74) is 2.58. The van der Waals surface area contributed by atoms with Crippen LogP contribution in [0.2, 0.25) is 0 Å². The van der Waals surface area contributed by atoms with Crippen LogP contribution in [0.3, 0.4) is 0 Å². The molecule has 1 saturated heterocycles. The van der Waals surface area contributed by atoms with Crippen LogP contribution in [0.1, 0.15) is 46.7 Å². The van der Waals surface area contributed by atoms with Gasteiger partial charge in [-0.25, -0.2) is 14.1 Å². The number of hydrogen-bond acceptors (Lipinski definition) is 13. The van der Waals surface area contributed by atoms with Gasteiger partial charge in [-0.15, -0.1) is 11.3 Å². The summed E-state index contributed by atoms with van der Waals surface area (Å²) in [7, 11) is -3.98. The van der Waals surface area contributed by atoms with Crippen molar-refractivity contribution in [2.24, 2.45) is 5.16 Å². The number of hydrogen-bond donors (Lipinski definition) is 3. The van der Waals surface area contributed by atoms with Gasteiger partial charge in [0.05, 0.1) is 19.6 Å². The number of nitrogens with zero attached hydrogens (tertiary/aromatic N) is 3. The Morgan fingerprint density at radius 2 is 1.89 bits per heavy atom. The highest BCUT2D eigenvalue weighted by molar-refractivity contribution is 7.84. The number of aromatic nitrogens is 1. The Kier molecular flexibility index (Phi) is 8.32. The summed E-state index contributed by atoms with van der Waals surface area (Å²) in [5, 5.41) is 7.41. The van der Waals surface area contributed by atoms with Crippen molar-refractivity contribution in [3.63, 3.8) is 0 Å². The summed E-state index contributed by atoms with van der Waals surface area (Å²) < 4.78 is 42.2. The van der Waals surface area contributed by atoms with Crippen LogP contribution < -0.4 is 11.1 Å². The number of nitrogens with one attached hydrogen (secondary N) is 1. The molecule has 200 valence electrons. The van der Waals surface area contributed by atoms with Gasteiger partial charge in [-0.05, 0) is 34.6 Å². The molecule has 1 aliphatic heterocycles. The maximum atomic E-state index is 13.1. The quantitative estimate of drug-likeness (QED) is 0.118. The summed E-state index contributed by atoms with van der Waals surface area (Å²) in [6, 6.07) is -3.01. The highest BCUT2D eigenvalue weighted by Crippen LogP contribution is 2.27. The monoisotopic (exact) mass is 549 g/mol. The summed E-state index contributed by atoms with van der Waals surface area (Å²) in [5.74, 6) is -3.95. The van der Waals surface area contributed by atoms with E-state index in [1.165, 1.54) is 19.2 Å². The molecule has 4 N–H and O–H groups in total. The Hall–Kier alpha value is -3.31. The summed E-state index contributed by atoms with van der Waals surface area (Å²) in [4.78, 5) is 58.8. The average molecular weight is 550 g/mol. The highest BCUT2D eigenvalue weighted by atomic mass is 32.2. The Labute approximate surface area is 210 Å². The van der Waals surface area contributed by atoms with Gasteiger partial charge in [0.2, 0.25) is 5.60 Å². The van der Waals surface area contributed by atoms with Crippen molar-refractivity contribution in [2.75, 3.05) is 12.8 Å². The van der Waals surface area contributed by atoms with Crippen molar-refractivity contribution < 1.29 is 46.5 Å². The number of oxime groups is 1. The van der Waals surface area contributed by atoms with E-state index >= 15 is 0 Å². The van der Waals surface area contributed by atoms with Crippen LogP contribution >= 0.6 is 11.3 Å². The van der Waals surface area contributed by atoms with Gasteiger partial charge in [0.25, 0.3) is 11.8 Å². The van der Waals surface area contributed by atoms with Crippen LogP contribution in [0.5, 0.6) is 0 Å². The van der Waals surface area contributed by atoms with Gasteiger partial charge in [0, 0.05) is 5.38 Å². The molecular weight excluding hydrogens is 522 g/mol. The molecule has 0 radical (unpaired) electrons. The van der Waals surface area contributed by atoms with Crippen LogP contribution in [-0.2, 0) is 43.8 Å². The second-order valence-corrected chi connectivity index (χ2v) is 11.2. The lowest BCUT2D eigenvalue weighted by Crippen LogP contribution is -2.72. The van der Waals surface area contributed by atoms with E-state index in [9.17, 15) is 32.1 Å². The van der Waals surface area contributed by atoms with Crippen molar-refractivity contribution in [2.45, 2.75) is 64.3 Å². The molecule has 1 aromatic rings. The molecule has 0 spiro atoms. The maximum absolute atomic E-state index is 13.1. The molecule has 0 saturated carbocycles. The van der Waals surface area contributed by atoms with Crippen molar-refractivity contribution in [1.82, 2.24) is 14.6 Å². The zero-order chi connectivity index (χ0) is 27.6. The number of rotatable bonds is 9. The molecule has 2 atom stereocenters. The molecule has 2 heterocycles. The lowest BCUT2D eigenvalue weighted by molar-refractivity contribution is -0.179. The number of methoxy groups -OCH3 is 1. The Morgan fingerprint density at radius 3 is 2.36 bits per heavy atom. The number of nitrogen functional groups attached to an aromatic ring is 1. The number of thiazole rings is 1. The van der Waals surface area contributed by atoms with Crippen molar-refractivity contribution in [1.29, 1.82) is 0 Å². The van der Waals surface area contributed by atoms with E-state index in [2.05, 4.69) is 20.2 Å². The van der Waals surface area contributed by atoms with Crippen LogP contribution in [0.25, 0.3) is 0 Å². The molecule has 36 heavy (non-hydrogen) atoms. The predicted molar refractivity (Wildman–Crippen MR) is 125 cm³/mol. The van der Waals surface area contributed by atoms with Gasteiger partial charge in [-0.2, -0.15) is 8.42 Å². The van der Waals surface area contributed by atoms with Gasteiger partial charge < -0.3 is 25.4 Å². The molecule has 17 heteroatoms.